The maximum atomic E-state index is 5.46. The highest BCUT2D eigenvalue weighted by atomic mass is 16.5. The number of guanidine groups is 1. The third-order valence-electron chi connectivity index (χ3n) is 4.93. The van der Waals surface area contributed by atoms with E-state index in [9.17, 15) is 0 Å². The summed E-state index contributed by atoms with van der Waals surface area (Å²) in [6, 6.07) is 8.17. The van der Waals surface area contributed by atoms with Crippen LogP contribution in [-0.2, 0) is 6.54 Å². The Morgan fingerprint density at radius 3 is 2.72 bits per heavy atom. The number of methoxy groups -OCH3 is 1. The zero-order chi connectivity index (χ0) is 18.1. The van der Waals surface area contributed by atoms with Crippen LogP contribution >= 0.6 is 0 Å². The smallest absolute Gasteiger partial charge is 0.193 e. The number of hydrogen-bond donors (Lipinski definition) is 1. The van der Waals surface area contributed by atoms with E-state index in [1.54, 1.807) is 7.11 Å². The standard InChI is InChI=1S/C20H34N4O/c1-5-21-20(22-13-10-17-11-14-23(2)15-12-17)24(3)16-18-8-6-7-9-19(18)25-4/h6-9,17H,5,10-16H2,1-4H3,(H,21,22). The van der Waals surface area contributed by atoms with E-state index in [-0.39, 0.29) is 0 Å². The fourth-order valence-electron chi connectivity index (χ4n) is 3.34. The second-order valence-electron chi connectivity index (χ2n) is 6.94. The van der Waals surface area contributed by atoms with Gasteiger partial charge in [0, 0.05) is 32.2 Å². The number of ether oxygens (including phenoxy) is 1. The number of nitrogens with zero attached hydrogens (tertiary/aromatic N) is 3. The molecule has 0 aliphatic carbocycles. The summed E-state index contributed by atoms with van der Waals surface area (Å²) in [5.41, 5.74) is 1.17. The van der Waals surface area contributed by atoms with Gasteiger partial charge in [0.05, 0.1) is 7.11 Å². The van der Waals surface area contributed by atoms with Crippen LogP contribution in [0, 0.1) is 5.92 Å². The lowest BCUT2D eigenvalue weighted by atomic mass is 9.94. The molecule has 2 rings (SSSR count). The van der Waals surface area contributed by atoms with Gasteiger partial charge in [0.2, 0.25) is 0 Å². The number of benzene rings is 1. The largest absolute Gasteiger partial charge is 0.496 e. The lowest BCUT2D eigenvalue weighted by Gasteiger charge is -2.28. The molecule has 0 aromatic heterocycles. The molecule has 25 heavy (non-hydrogen) atoms. The van der Waals surface area contributed by atoms with Gasteiger partial charge < -0.3 is 19.9 Å². The van der Waals surface area contributed by atoms with Crippen LogP contribution < -0.4 is 10.1 Å². The minimum absolute atomic E-state index is 0.782. The van der Waals surface area contributed by atoms with Crippen molar-refractivity contribution < 1.29 is 4.74 Å². The van der Waals surface area contributed by atoms with Crippen molar-refractivity contribution in [3.63, 3.8) is 0 Å². The number of aliphatic imine (C=N–C) groups is 1. The molecule has 1 aromatic rings. The molecule has 5 nitrogen and oxygen atoms in total. The highest BCUT2D eigenvalue weighted by Gasteiger charge is 2.16. The second-order valence-corrected chi connectivity index (χ2v) is 6.94. The predicted octanol–water partition coefficient (Wildman–Crippen LogP) is 2.82. The van der Waals surface area contributed by atoms with Gasteiger partial charge in [-0.1, -0.05) is 18.2 Å². The van der Waals surface area contributed by atoms with Crippen molar-refractivity contribution in [2.75, 3.05) is 47.4 Å². The molecule has 0 radical (unpaired) electrons. The lowest BCUT2D eigenvalue weighted by Crippen LogP contribution is -2.38. The lowest BCUT2D eigenvalue weighted by molar-refractivity contribution is 0.214. The van der Waals surface area contributed by atoms with E-state index < -0.39 is 0 Å². The van der Waals surface area contributed by atoms with E-state index >= 15 is 0 Å². The third-order valence-corrected chi connectivity index (χ3v) is 4.93. The van der Waals surface area contributed by atoms with Gasteiger partial charge in [-0.3, -0.25) is 4.99 Å². The van der Waals surface area contributed by atoms with Crippen LogP contribution in [0.4, 0.5) is 0 Å². The van der Waals surface area contributed by atoms with Crippen LogP contribution in [0.3, 0.4) is 0 Å². The Morgan fingerprint density at radius 2 is 2.04 bits per heavy atom. The zero-order valence-corrected chi connectivity index (χ0v) is 16.3. The van der Waals surface area contributed by atoms with Crippen LogP contribution in [0.1, 0.15) is 31.7 Å². The van der Waals surface area contributed by atoms with Crippen LogP contribution in [-0.4, -0.2) is 63.1 Å². The first-order valence-corrected chi connectivity index (χ1v) is 9.44. The monoisotopic (exact) mass is 346 g/mol. The summed E-state index contributed by atoms with van der Waals surface area (Å²) in [7, 11) is 6.02. The SMILES string of the molecule is CCNC(=NCCC1CCN(C)CC1)N(C)Cc1ccccc1OC. The molecular weight excluding hydrogens is 312 g/mol. The van der Waals surface area contributed by atoms with E-state index in [0.29, 0.717) is 0 Å². The van der Waals surface area contributed by atoms with E-state index in [0.717, 1.165) is 37.3 Å². The van der Waals surface area contributed by atoms with Crippen molar-refractivity contribution in [2.24, 2.45) is 10.9 Å². The van der Waals surface area contributed by atoms with Crippen molar-refractivity contribution in [3.05, 3.63) is 29.8 Å². The summed E-state index contributed by atoms with van der Waals surface area (Å²) in [6.07, 6.45) is 3.80. The molecule has 1 saturated heterocycles. The molecule has 0 atom stereocenters. The average molecular weight is 347 g/mol. The molecule has 1 fully saturated rings. The first-order chi connectivity index (χ1) is 12.1. The number of para-hydroxylation sites is 1. The van der Waals surface area contributed by atoms with Gasteiger partial charge in [-0.2, -0.15) is 0 Å². The average Bonchev–Trinajstić information content (AvgIpc) is 2.63. The summed E-state index contributed by atoms with van der Waals surface area (Å²) < 4.78 is 5.46. The van der Waals surface area contributed by atoms with Gasteiger partial charge in [-0.25, -0.2) is 0 Å². The Balaban J connectivity index is 1.91. The molecular formula is C20H34N4O. The van der Waals surface area contributed by atoms with E-state index in [2.05, 4.69) is 48.3 Å². The number of hydrogen-bond acceptors (Lipinski definition) is 3. The minimum atomic E-state index is 0.782. The third kappa shape index (κ3) is 6.24. The normalized spacial score (nSPS) is 16.7. The van der Waals surface area contributed by atoms with Crippen LogP contribution in [0.15, 0.2) is 29.3 Å². The Bertz CT molecular complexity index is 538. The molecule has 5 heteroatoms. The maximum Gasteiger partial charge on any atom is 0.193 e. The summed E-state index contributed by atoms with van der Waals surface area (Å²) in [4.78, 5) is 9.45. The Kier molecular flexibility index (Phi) is 8.06. The summed E-state index contributed by atoms with van der Waals surface area (Å²) in [6.45, 7) is 7.12. The molecule has 1 aliphatic heterocycles. The number of piperidine rings is 1. The highest BCUT2D eigenvalue weighted by Crippen LogP contribution is 2.20. The molecule has 1 heterocycles. The fraction of sp³-hybridized carbons (Fsp3) is 0.650. The Hall–Kier alpha value is -1.75. The molecule has 0 saturated carbocycles. The predicted molar refractivity (Wildman–Crippen MR) is 105 cm³/mol. The van der Waals surface area contributed by atoms with Gasteiger partial charge in [0.25, 0.3) is 0 Å². The second kappa shape index (κ2) is 10.3. The number of likely N-dealkylation sites (tertiary alicyclic amines) is 1. The molecule has 1 N–H and O–H groups in total. The number of rotatable bonds is 7. The van der Waals surface area contributed by atoms with Gasteiger partial charge in [0.15, 0.2) is 5.96 Å². The molecule has 140 valence electrons. The van der Waals surface area contributed by atoms with E-state index in [1.165, 1.54) is 37.9 Å². The zero-order valence-electron chi connectivity index (χ0n) is 16.3. The summed E-state index contributed by atoms with van der Waals surface area (Å²) >= 11 is 0. The minimum Gasteiger partial charge on any atom is -0.496 e. The van der Waals surface area contributed by atoms with Crippen LogP contribution in [0.25, 0.3) is 0 Å². The van der Waals surface area contributed by atoms with Crippen LogP contribution in [0.5, 0.6) is 5.75 Å². The quantitative estimate of drug-likeness (QED) is 0.609. The molecule has 0 bridgehead atoms. The van der Waals surface area contributed by atoms with Crippen molar-refractivity contribution in [3.8, 4) is 5.75 Å². The molecule has 0 unspecified atom stereocenters. The van der Waals surface area contributed by atoms with E-state index in [4.69, 9.17) is 9.73 Å². The Morgan fingerprint density at radius 1 is 1.32 bits per heavy atom. The molecule has 1 aliphatic rings. The molecule has 0 spiro atoms. The van der Waals surface area contributed by atoms with Crippen molar-refractivity contribution >= 4 is 5.96 Å². The van der Waals surface area contributed by atoms with Crippen LogP contribution in [0.2, 0.25) is 0 Å². The summed E-state index contributed by atoms with van der Waals surface area (Å²) in [5, 5.41) is 3.41. The van der Waals surface area contributed by atoms with Gasteiger partial charge >= 0.3 is 0 Å². The number of nitrogens with one attached hydrogen (secondary N) is 1. The molecule has 1 aromatic carbocycles. The maximum absolute atomic E-state index is 5.46. The van der Waals surface area contributed by atoms with Gasteiger partial charge in [-0.05, 0) is 58.3 Å². The van der Waals surface area contributed by atoms with Crippen molar-refractivity contribution in [1.29, 1.82) is 0 Å². The Labute approximate surface area is 153 Å². The molecule has 0 amide bonds. The fourth-order valence-corrected chi connectivity index (χ4v) is 3.34. The van der Waals surface area contributed by atoms with Crippen molar-refractivity contribution in [1.82, 2.24) is 15.1 Å². The highest BCUT2D eigenvalue weighted by molar-refractivity contribution is 5.79. The van der Waals surface area contributed by atoms with Gasteiger partial charge in [-0.15, -0.1) is 0 Å². The van der Waals surface area contributed by atoms with E-state index in [1.807, 2.05) is 12.1 Å². The van der Waals surface area contributed by atoms with Gasteiger partial charge in [0.1, 0.15) is 5.75 Å². The van der Waals surface area contributed by atoms with Crippen molar-refractivity contribution in [2.45, 2.75) is 32.7 Å². The first-order valence-electron chi connectivity index (χ1n) is 9.44. The first kappa shape index (κ1) is 19.6. The summed E-state index contributed by atoms with van der Waals surface area (Å²) in [5.74, 6) is 2.72. The topological polar surface area (TPSA) is 40.1 Å².